The molecule has 2 aliphatic heterocycles. The molecule has 2 atom stereocenters. The van der Waals surface area contributed by atoms with E-state index in [2.05, 4.69) is 30.8 Å². The molecule has 4 aromatic rings. The second-order valence-electron chi connectivity index (χ2n) is 9.21. The number of nitrogens with one attached hydrogen (secondary N) is 3. The summed E-state index contributed by atoms with van der Waals surface area (Å²) in [7, 11) is -3.57. The maximum Gasteiger partial charge on any atom is 0.245 e. The summed E-state index contributed by atoms with van der Waals surface area (Å²) in [5.74, 6) is 2.06. The number of fused-ring (bicyclic) bond motifs is 3. The van der Waals surface area contributed by atoms with Gasteiger partial charge in [-0.3, -0.25) is 15.1 Å². The Hall–Kier alpha value is -3.57. The van der Waals surface area contributed by atoms with E-state index in [1.54, 1.807) is 28.8 Å². The van der Waals surface area contributed by atoms with Crippen LogP contribution in [0.15, 0.2) is 59.9 Å². The molecule has 6 rings (SSSR count). The number of H-pyrrole nitrogens is 1. The van der Waals surface area contributed by atoms with Crippen molar-refractivity contribution in [3.63, 3.8) is 0 Å². The van der Waals surface area contributed by atoms with E-state index in [4.69, 9.17) is 4.98 Å². The molecular formula is C26H32N8O2S. The minimum absolute atomic E-state index is 0.0471. The Morgan fingerprint density at radius 3 is 2.46 bits per heavy atom. The second kappa shape index (κ2) is 10.4. The summed E-state index contributed by atoms with van der Waals surface area (Å²) in [6.45, 7) is 5.94. The number of hydrogen-bond donors (Lipinski definition) is 3. The van der Waals surface area contributed by atoms with Gasteiger partial charge in [0.25, 0.3) is 0 Å². The molecule has 0 spiro atoms. The number of aryl methyl sites for hydroxylation is 1. The van der Waals surface area contributed by atoms with Gasteiger partial charge >= 0.3 is 0 Å². The number of sulfonamides is 1. The molecule has 6 heterocycles. The average molecular weight is 521 g/mol. The Balaban J connectivity index is 0.00000137. The van der Waals surface area contributed by atoms with E-state index < -0.39 is 10.0 Å². The van der Waals surface area contributed by atoms with Gasteiger partial charge in [0.05, 0.1) is 5.52 Å². The van der Waals surface area contributed by atoms with Crippen molar-refractivity contribution in [2.24, 2.45) is 0 Å². The lowest BCUT2D eigenvalue weighted by Gasteiger charge is -2.38. The van der Waals surface area contributed by atoms with Crippen LogP contribution in [-0.4, -0.2) is 56.0 Å². The molecule has 0 amide bonds. The number of rotatable bonds is 6. The van der Waals surface area contributed by atoms with Crippen molar-refractivity contribution in [2.75, 3.05) is 10.6 Å². The van der Waals surface area contributed by atoms with Crippen LogP contribution in [0.2, 0.25) is 0 Å². The lowest BCUT2D eigenvalue weighted by molar-refractivity contribution is 0.234. The van der Waals surface area contributed by atoms with Gasteiger partial charge in [0.1, 0.15) is 16.5 Å². The summed E-state index contributed by atoms with van der Waals surface area (Å²) in [6.07, 6.45) is 7.94. The maximum absolute atomic E-state index is 13.3. The Labute approximate surface area is 217 Å². The predicted molar refractivity (Wildman–Crippen MR) is 144 cm³/mol. The molecule has 0 radical (unpaired) electrons. The lowest BCUT2D eigenvalue weighted by atomic mass is 9.99. The highest BCUT2D eigenvalue weighted by Gasteiger charge is 2.47. The van der Waals surface area contributed by atoms with Gasteiger partial charge in [-0.2, -0.15) is 9.40 Å². The SMILES string of the molecule is CC.Cc1cc(Nc2cc3ncccc3c(NC3CC4CCC(C3)N4S(=O)(=O)c3cccnc3)n2)n[nH]1. The first-order valence-corrected chi connectivity index (χ1v) is 14.2. The van der Waals surface area contributed by atoms with Crippen LogP contribution in [0.3, 0.4) is 0 Å². The fourth-order valence-corrected chi connectivity index (χ4v) is 7.18. The van der Waals surface area contributed by atoms with Crippen molar-refractivity contribution in [1.29, 1.82) is 0 Å². The number of hydrogen-bond acceptors (Lipinski definition) is 8. The minimum atomic E-state index is -3.57. The van der Waals surface area contributed by atoms with Gasteiger partial charge < -0.3 is 10.6 Å². The highest BCUT2D eigenvalue weighted by Crippen LogP contribution is 2.41. The van der Waals surface area contributed by atoms with Crippen LogP contribution in [0.5, 0.6) is 0 Å². The molecule has 0 saturated carbocycles. The summed E-state index contributed by atoms with van der Waals surface area (Å²) in [4.78, 5) is 13.6. The van der Waals surface area contributed by atoms with Crippen LogP contribution in [0.25, 0.3) is 10.9 Å². The molecule has 2 aliphatic rings. The number of pyridine rings is 3. The first-order chi connectivity index (χ1) is 18.0. The van der Waals surface area contributed by atoms with Crippen LogP contribution in [-0.2, 0) is 10.0 Å². The quantitative estimate of drug-likeness (QED) is 0.336. The lowest BCUT2D eigenvalue weighted by Crippen LogP contribution is -2.49. The average Bonchev–Trinajstić information content (AvgIpc) is 3.45. The third kappa shape index (κ3) is 5.01. The molecule has 10 nitrogen and oxygen atoms in total. The smallest absolute Gasteiger partial charge is 0.245 e. The second-order valence-corrected chi connectivity index (χ2v) is 11.1. The van der Waals surface area contributed by atoms with Crippen molar-refractivity contribution in [2.45, 2.75) is 69.5 Å². The fraction of sp³-hybridized carbons (Fsp3) is 0.385. The van der Waals surface area contributed by atoms with Crippen LogP contribution in [0.4, 0.5) is 17.5 Å². The zero-order valence-electron chi connectivity index (χ0n) is 21.2. The van der Waals surface area contributed by atoms with E-state index in [9.17, 15) is 8.42 Å². The van der Waals surface area contributed by atoms with E-state index in [0.29, 0.717) is 11.6 Å². The Bertz CT molecular complexity index is 1460. The summed E-state index contributed by atoms with van der Waals surface area (Å²) >= 11 is 0. The van der Waals surface area contributed by atoms with E-state index in [1.165, 1.54) is 6.20 Å². The molecule has 194 valence electrons. The predicted octanol–water partition coefficient (Wildman–Crippen LogP) is 4.62. The normalized spacial score (nSPS) is 21.3. The molecule has 0 aromatic carbocycles. The zero-order valence-corrected chi connectivity index (χ0v) is 22.0. The standard InChI is InChI=1S/C24H26N8O2S.C2H6/c1-15-10-23(31-30-15)28-22-13-21-20(5-3-9-26-21)24(29-22)27-16-11-17-6-7-18(12-16)32(17)35(33,34)19-4-2-8-25-14-19;1-2/h2-5,8-10,13-14,16-18H,6-7,11-12H2,1H3,(H3,27,28,29,30,31);1-2H3. The minimum Gasteiger partial charge on any atom is -0.367 e. The molecule has 2 bridgehead atoms. The van der Waals surface area contributed by atoms with E-state index in [0.717, 1.165) is 48.1 Å². The monoisotopic (exact) mass is 520 g/mol. The van der Waals surface area contributed by atoms with Crippen LogP contribution in [0, 0.1) is 6.92 Å². The van der Waals surface area contributed by atoms with Gasteiger partial charge in [-0.05, 0) is 56.9 Å². The Kier molecular flexibility index (Phi) is 7.07. The van der Waals surface area contributed by atoms with Gasteiger partial charge in [-0.25, -0.2) is 13.4 Å². The van der Waals surface area contributed by atoms with E-state index in [1.807, 2.05) is 45.0 Å². The number of anilines is 3. The van der Waals surface area contributed by atoms with Gasteiger partial charge in [-0.15, -0.1) is 0 Å². The Morgan fingerprint density at radius 1 is 1.03 bits per heavy atom. The third-order valence-electron chi connectivity index (χ3n) is 6.78. The van der Waals surface area contributed by atoms with Crippen molar-refractivity contribution in [3.8, 4) is 0 Å². The fourth-order valence-electron chi connectivity index (χ4n) is 5.32. The summed E-state index contributed by atoms with van der Waals surface area (Å²) in [5, 5.41) is 14.9. The first-order valence-electron chi connectivity index (χ1n) is 12.7. The first kappa shape index (κ1) is 25.1. The van der Waals surface area contributed by atoms with Crippen molar-refractivity contribution in [1.82, 2.24) is 29.5 Å². The molecule has 2 unspecified atom stereocenters. The summed E-state index contributed by atoms with van der Waals surface area (Å²) in [6, 6.07) is 11.0. The third-order valence-corrected chi connectivity index (χ3v) is 8.77. The highest BCUT2D eigenvalue weighted by atomic mass is 32.2. The number of piperidine rings is 1. The Morgan fingerprint density at radius 2 is 1.78 bits per heavy atom. The summed E-state index contributed by atoms with van der Waals surface area (Å²) < 4.78 is 28.4. The number of aromatic amines is 1. The maximum atomic E-state index is 13.3. The molecule has 11 heteroatoms. The molecule has 4 aromatic heterocycles. The number of nitrogens with zero attached hydrogens (tertiary/aromatic N) is 5. The van der Waals surface area contributed by atoms with Crippen LogP contribution >= 0.6 is 0 Å². The van der Waals surface area contributed by atoms with E-state index in [-0.39, 0.29) is 23.0 Å². The van der Waals surface area contributed by atoms with Gasteiger partial charge in [0, 0.05) is 59.9 Å². The summed E-state index contributed by atoms with van der Waals surface area (Å²) in [5.41, 5.74) is 1.77. The molecule has 2 fully saturated rings. The largest absolute Gasteiger partial charge is 0.367 e. The van der Waals surface area contributed by atoms with Crippen LogP contribution < -0.4 is 10.6 Å². The number of aromatic nitrogens is 5. The van der Waals surface area contributed by atoms with Gasteiger partial charge in [-0.1, -0.05) is 13.8 Å². The molecule has 2 saturated heterocycles. The van der Waals surface area contributed by atoms with Crippen molar-refractivity contribution >= 4 is 38.4 Å². The molecule has 3 N–H and O–H groups in total. The highest BCUT2D eigenvalue weighted by molar-refractivity contribution is 7.89. The van der Waals surface area contributed by atoms with Gasteiger partial charge in [0.2, 0.25) is 10.0 Å². The molecule has 37 heavy (non-hydrogen) atoms. The van der Waals surface area contributed by atoms with Crippen molar-refractivity contribution in [3.05, 3.63) is 60.7 Å². The molecular weight excluding hydrogens is 488 g/mol. The van der Waals surface area contributed by atoms with Gasteiger partial charge in [0.15, 0.2) is 5.82 Å². The zero-order chi connectivity index (χ0) is 26.0. The van der Waals surface area contributed by atoms with Crippen LogP contribution in [0.1, 0.15) is 45.2 Å². The van der Waals surface area contributed by atoms with Crippen molar-refractivity contribution < 1.29 is 8.42 Å². The van der Waals surface area contributed by atoms with E-state index >= 15 is 0 Å². The topological polar surface area (TPSA) is 129 Å². The molecule has 0 aliphatic carbocycles.